The van der Waals surface area contributed by atoms with Crippen LogP contribution in [0.4, 0.5) is 10.5 Å². The van der Waals surface area contributed by atoms with Crippen molar-refractivity contribution in [2.45, 2.75) is 13.3 Å². The zero-order valence-electron chi connectivity index (χ0n) is 18.4. The minimum Gasteiger partial charge on any atom is -0.497 e. The topological polar surface area (TPSA) is 75.7 Å². The second-order valence-electron chi connectivity index (χ2n) is 7.67. The van der Waals surface area contributed by atoms with Gasteiger partial charge in [0, 0.05) is 9.50 Å². The molecule has 0 saturated carbocycles. The predicted molar refractivity (Wildman–Crippen MR) is 135 cm³/mol. The van der Waals surface area contributed by atoms with Crippen LogP contribution in [-0.2, 0) is 16.0 Å². The lowest BCUT2D eigenvalue weighted by atomic mass is 9.96. The molecule has 0 aliphatic carbocycles. The standard InChI is InChI=1S/C26H20BrClN2O4/c1-15-22(28)8-5-9-23(15)30-25(32)20(24(31)29-26(30)33)14-16-10-11-19(34-2)13-18(16)12-17-6-3-4-7-21(17)27/h3-11,13-14H,12H2,1-2H3,(H,29,31,33)/b20-14+. The molecule has 0 spiro atoms. The Morgan fingerprint density at radius 2 is 1.79 bits per heavy atom. The third-order valence-electron chi connectivity index (χ3n) is 5.57. The molecule has 6 nitrogen and oxygen atoms in total. The molecule has 4 amide bonds. The van der Waals surface area contributed by atoms with Crippen LogP contribution in [0.5, 0.6) is 5.75 Å². The molecule has 8 heteroatoms. The highest BCUT2D eigenvalue weighted by Crippen LogP contribution is 2.31. The van der Waals surface area contributed by atoms with E-state index in [1.807, 2.05) is 30.3 Å². The number of amides is 4. The first-order valence-electron chi connectivity index (χ1n) is 10.4. The summed E-state index contributed by atoms with van der Waals surface area (Å²) < 4.78 is 6.32. The maximum absolute atomic E-state index is 13.4. The van der Waals surface area contributed by atoms with Gasteiger partial charge in [-0.25, -0.2) is 9.69 Å². The van der Waals surface area contributed by atoms with Crippen LogP contribution in [0, 0.1) is 6.92 Å². The van der Waals surface area contributed by atoms with Gasteiger partial charge < -0.3 is 4.74 Å². The molecule has 0 unspecified atom stereocenters. The van der Waals surface area contributed by atoms with Crippen molar-refractivity contribution >= 4 is 57.1 Å². The lowest BCUT2D eigenvalue weighted by molar-refractivity contribution is -0.122. The van der Waals surface area contributed by atoms with E-state index in [0.717, 1.165) is 20.5 Å². The van der Waals surface area contributed by atoms with Gasteiger partial charge >= 0.3 is 6.03 Å². The molecule has 1 heterocycles. The highest BCUT2D eigenvalue weighted by molar-refractivity contribution is 9.10. The van der Waals surface area contributed by atoms with E-state index < -0.39 is 17.8 Å². The summed E-state index contributed by atoms with van der Waals surface area (Å²) in [4.78, 5) is 39.6. The summed E-state index contributed by atoms with van der Waals surface area (Å²) in [5, 5.41) is 2.67. The van der Waals surface area contributed by atoms with E-state index in [-0.39, 0.29) is 5.57 Å². The molecule has 0 bridgehead atoms. The van der Waals surface area contributed by atoms with Gasteiger partial charge in [-0.1, -0.05) is 57.9 Å². The average molecular weight is 540 g/mol. The number of ether oxygens (including phenoxy) is 1. The normalized spacial score (nSPS) is 15.0. The summed E-state index contributed by atoms with van der Waals surface area (Å²) in [6.07, 6.45) is 2.03. The lowest BCUT2D eigenvalue weighted by Crippen LogP contribution is -2.54. The highest BCUT2D eigenvalue weighted by Gasteiger charge is 2.37. The van der Waals surface area contributed by atoms with Gasteiger partial charge in [-0.2, -0.15) is 0 Å². The van der Waals surface area contributed by atoms with Crippen LogP contribution in [0.1, 0.15) is 22.3 Å². The number of imide groups is 2. The molecule has 4 rings (SSSR count). The molecular weight excluding hydrogens is 520 g/mol. The summed E-state index contributed by atoms with van der Waals surface area (Å²) in [5.41, 5.74) is 3.25. The number of hydrogen-bond donors (Lipinski definition) is 1. The average Bonchev–Trinajstić information content (AvgIpc) is 2.81. The van der Waals surface area contributed by atoms with Gasteiger partial charge in [0.05, 0.1) is 12.8 Å². The molecular formula is C26H20BrClN2O4. The molecule has 1 N–H and O–H groups in total. The Kier molecular flexibility index (Phi) is 6.86. The highest BCUT2D eigenvalue weighted by atomic mass is 79.9. The number of nitrogens with one attached hydrogen (secondary N) is 1. The molecule has 3 aromatic carbocycles. The third-order valence-corrected chi connectivity index (χ3v) is 6.75. The zero-order valence-corrected chi connectivity index (χ0v) is 20.7. The molecule has 0 atom stereocenters. The van der Waals surface area contributed by atoms with Crippen molar-refractivity contribution in [3.8, 4) is 5.75 Å². The number of hydrogen-bond acceptors (Lipinski definition) is 4. The lowest BCUT2D eigenvalue weighted by Gasteiger charge is -2.28. The Morgan fingerprint density at radius 3 is 2.53 bits per heavy atom. The number of rotatable bonds is 5. The van der Waals surface area contributed by atoms with Crippen LogP contribution >= 0.6 is 27.5 Å². The van der Waals surface area contributed by atoms with E-state index in [1.165, 1.54) is 6.08 Å². The fourth-order valence-corrected chi connectivity index (χ4v) is 4.31. The van der Waals surface area contributed by atoms with Crippen molar-refractivity contribution in [1.82, 2.24) is 5.32 Å². The Balaban J connectivity index is 1.79. The van der Waals surface area contributed by atoms with Gasteiger partial charge in [0.1, 0.15) is 11.3 Å². The zero-order chi connectivity index (χ0) is 24.4. The fraction of sp³-hybridized carbons (Fsp3) is 0.115. The molecule has 1 saturated heterocycles. The number of anilines is 1. The quantitative estimate of drug-likeness (QED) is 0.335. The summed E-state index contributed by atoms with van der Waals surface area (Å²) in [6, 6.07) is 17.3. The van der Waals surface area contributed by atoms with Crippen LogP contribution in [-0.4, -0.2) is 25.0 Å². The molecule has 1 fully saturated rings. The SMILES string of the molecule is COc1ccc(/C=C2\C(=O)NC(=O)N(c3cccc(Cl)c3C)C2=O)c(Cc2ccccc2Br)c1. The van der Waals surface area contributed by atoms with Crippen LogP contribution < -0.4 is 15.0 Å². The first-order chi connectivity index (χ1) is 16.3. The van der Waals surface area contributed by atoms with E-state index in [2.05, 4.69) is 21.2 Å². The minimum absolute atomic E-state index is 0.155. The summed E-state index contributed by atoms with van der Waals surface area (Å²) in [6.45, 7) is 1.71. The number of methoxy groups -OCH3 is 1. The second kappa shape index (κ2) is 9.83. The first-order valence-corrected chi connectivity index (χ1v) is 11.5. The summed E-state index contributed by atoms with van der Waals surface area (Å²) >= 11 is 9.76. The van der Waals surface area contributed by atoms with Crippen molar-refractivity contribution in [3.63, 3.8) is 0 Å². The van der Waals surface area contributed by atoms with Crippen LogP contribution in [0.2, 0.25) is 5.02 Å². The Labute approximate surface area is 210 Å². The number of urea groups is 1. The largest absolute Gasteiger partial charge is 0.497 e. The predicted octanol–water partition coefficient (Wildman–Crippen LogP) is 5.68. The van der Waals surface area contributed by atoms with Crippen LogP contribution in [0.3, 0.4) is 0 Å². The van der Waals surface area contributed by atoms with Gasteiger partial charge in [-0.15, -0.1) is 0 Å². The molecule has 1 aliphatic rings. The van der Waals surface area contributed by atoms with Crippen molar-refractivity contribution < 1.29 is 19.1 Å². The number of carbonyl (C=O) groups excluding carboxylic acids is 3. The van der Waals surface area contributed by atoms with Gasteiger partial charge in [-0.3, -0.25) is 14.9 Å². The van der Waals surface area contributed by atoms with E-state index >= 15 is 0 Å². The molecule has 1 aliphatic heterocycles. The number of carbonyl (C=O) groups is 3. The van der Waals surface area contributed by atoms with Gasteiger partial charge in [-0.05, 0) is 72.0 Å². The summed E-state index contributed by atoms with van der Waals surface area (Å²) in [7, 11) is 1.57. The van der Waals surface area contributed by atoms with Crippen molar-refractivity contribution in [2.75, 3.05) is 12.0 Å². The number of barbiturate groups is 1. The Morgan fingerprint density at radius 1 is 1.03 bits per heavy atom. The monoisotopic (exact) mass is 538 g/mol. The molecule has 34 heavy (non-hydrogen) atoms. The van der Waals surface area contributed by atoms with E-state index in [9.17, 15) is 14.4 Å². The maximum atomic E-state index is 13.4. The van der Waals surface area contributed by atoms with Crippen molar-refractivity contribution in [2.24, 2.45) is 0 Å². The summed E-state index contributed by atoms with van der Waals surface area (Å²) in [5.74, 6) is -0.828. The van der Waals surface area contributed by atoms with E-state index in [4.69, 9.17) is 16.3 Å². The Hall–Kier alpha value is -3.42. The van der Waals surface area contributed by atoms with Crippen molar-refractivity contribution in [1.29, 1.82) is 0 Å². The number of halogens is 2. The first kappa shape index (κ1) is 23.7. The smallest absolute Gasteiger partial charge is 0.335 e. The maximum Gasteiger partial charge on any atom is 0.335 e. The molecule has 0 radical (unpaired) electrons. The Bertz CT molecular complexity index is 1350. The third kappa shape index (κ3) is 4.62. The van der Waals surface area contributed by atoms with E-state index in [1.54, 1.807) is 44.4 Å². The number of benzene rings is 3. The molecule has 0 aromatic heterocycles. The number of nitrogens with zero attached hydrogens (tertiary/aromatic N) is 1. The minimum atomic E-state index is -0.819. The second-order valence-corrected chi connectivity index (χ2v) is 8.94. The van der Waals surface area contributed by atoms with E-state index in [0.29, 0.717) is 34.0 Å². The molecule has 3 aromatic rings. The van der Waals surface area contributed by atoms with Gasteiger partial charge in [0.15, 0.2) is 0 Å². The van der Waals surface area contributed by atoms with Crippen LogP contribution in [0.25, 0.3) is 6.08 Å². The van der Waals surface area contributed by atoms with Crippen LogP contribution in [0.15, 0.2) is 70.7 Å². The molecule has 172 valence electrons. The fourth-order valence-electron chi connectivity index (χ4n) is 3.72. The van der Waals surface area contributed by atoms with Gasteiger partial charge in [0.2, 0.25) is 0 Å². The van der Waals surface area contributed by atoms with Crippen molar-refractivity contribution in [3.05, 3.63) is 98.0 Å². The van der Waals surface area contributed by atoms with Gasteiger partial charge in [0.25, 0.3) is 11.8 Å².